The van der Waals surface area contributed by atoms with Crippen molar-refractivity contribution in [3.05, 3.63) is 126 Å². The Labute approximate surface area is 271 Å². The fourth-order valence-electron chi connectivity index (χ4n) is 4.54. The fourth-order valence-corrected chi connectivity index (χ4v) is 7.62. The minimum Gasteiger partial charge on any atom is -0.487 e. The fraction of sp³-hybridized carbons (Fsp3) is 0.194. The number of allylic oxidation sites excluding steroid dienone is 1. The molecule has 1 aliphatic rings. The minimum atomic E-state index is -0.630. The van der Waals surface area contributed by atoms with Crippen LogP contribution >= 0.6 is 65.8 Å². The van der Waals surface area contributed by atoms with Crippen LogP contribution in [0.3, 0.4) is 0 Å². The highest BCUT2D eigenvalue weighted by atomic mass is 127. The summed E-state index contributed by atoms with van der Waals surface area (Å²) >= 11 is 10.7. The van der Waals surface area contributed by atoms with E-state index in [4.69, 9.17) is 9.47 Å². The first kappa shape index (κ1) is 29.9. The van der Waals surface area contributed by atoms with E-state index in [2.05, 4.69) is 59.4 Å². The molecular weight excluding hydrogens is 783 g/mol. The molecule has 1 aliphatic heterocycles. The molecule has 0 amide bonds. The molecule has 1 aromatic heterocycles. The molecule has 0 saturated carbocycles. The number of hydrogen-bond acceptors (Lipinski definition) is 6. The van der Waals surface area contributed by atoms with Crippen LogP contribution < -0.4 is 19.6 Å². The Morgan fingerprint density at radius 2 is 1.80 bits per heavy atom. The molecule has 0 N–H and O–H groups in total. The van der Waals surface area contributed by atoms with Crippen molar-refractivity contribution in [2.45, 2.75) is 33.4 Å². The van der Waals surface area contributed by atoms with Crippen molar-refractivity contribution in [2.24, 2.45) is 4.99 Å². The number of esters is 1. The normalized spacial score (nSPS) is 15.0. The van der Waals surface area contributed by atoms with Gasteiger partial charge in [-0.15, -0.1) is 0 Å². The van der Waals surface area contributed by atoms with Crippen molar-refractivity contribution in [1.82, 2.24) is 4.57 Å². The van der Waals surface area contributed by atoms with Crippen molar-refractivity contribution in [3.63, 3.8) is 0 Å². The van der Waals surface area contributed by atoms with Gasteiger partial charge in [0.15, 0.2) is 4.80 Å². The molecule has 210 valence electrons. The first-order valence-corrected chi connectivity index (χ1v) is 16.3. The number of carbonyl (C=O) groups is 1. The zero-order valence-electron chi connectivity index (χ0n) is 22.4. The number of thiazole rings is 1. The number of rotatable bonds is 7. The molecule has 10 heteroatoms. The van der Waals surface area contributed by atoms with Gasteiger partial charge < -0.3 is 9.47 Å². The van der Waals surface area contributed by atoms with Crippen molar-refractivity contribution in [3.8, 4) is 5.75 Å². The number of hydrogen-bond donors (Lipinski definition) is 0. The van der Waals surface area contributed by atoms with Gasteiger partial charge >= 0.3 is 5.97 Å². The molecule has 0 bridgehead atoms. The van der Waals surface area contributed by atoms with Gasteiger partial charge in [-0.05, 0) is 106 Å². The Balaban J connectivity index is 1.54. The van der Waals surface area contributed by atoms with Crippen LogP contribution in [0.5, 0.6) is 5.75 Å². The Morgan fingerprint density at radius 1 is 1.10 bits per heavy atom. The average molecular weight is 808 g/mol. The maximum Gasteiger partial charge on any atom is 0.338 e. The molecule has 41 heavy (non-hydrogen) atoms. The van der Waals surface area contributed by atoms with Gasteiger partial charge in [0.25, 0.3) is 5.56 Å². The van der Waals surface area contributed by atoms with E-state index in [9.17, 15) is 9.59 Å². The lowest BCUT2D eigenvalue weighted by atomic mass is 9.95. The first-order chi connectivity index (χ1) is 19.7. The van der Waals surface area contributed by atoms with E-state index < -0.39 is 12.0 Å². The summed E-state index contributed by atoms with van der Waals surface area (Å²) in [6, 6.07) is 19.1. The number of ether oxygens (including phenoxy) is 2. The van der Waals surface area contributed by atoms with Crippen LogP contribution in [0.25, 0.3) is 6.08 Å². The molecular formula is C31H25Br2IN2O4S. The highest BCUT2D eigenvalue weighted by Gasteiger charge is 2.33. The number of aromatic nitrogens is 1. The maximum absolute atomic E-state index is 13.9. The summed E-state index contributed by atoms with van der Waals surface area (Å²) in [4.78, 5) is 32.2. The van der Waals surface area contributed by atoms with E-state index in [-0.39, 0.29) is 12.2 Å². The number of benzene rings is 3. The monoisotopic (exact) mass is 806 g/mol. The van der Waals surface area contributed by atoms with Gasteiger partial charge in [-0.1, -0.05) is 69.2 Å². The van der Waals surface area contributed by atoms with E-state index in [1.165, 1.54) is 11.3 Å². The lowest BCUT2D eigenvalue weighted by Crippen LogP contribution is -2.39. The van der Waals surface area contributed by atoms with E-state index in [0.717, 1.165) is 40.5 Å². The van der Waals surface area contributed by atoms with Gasteiger partial charge in [-0.3, -0.25) is 9.36 Å². The second-order valence-electron chi connectivity index (χ2n) is 9.44. The lowest BCUT2D eigenvalue weighted by Gasteiger charge is -2.24. The van der Waals surface area contributed by atoms with Gasteiger partial charge in [0.1, 0.15) is 12.4 Å². The van der Waals surface area contributed by atoms with Crippen molar-refractivity contribution < 1.29 is 14.3 Å². The predicted octanol–water partition coefficient (Wildman–Crippen LogP) is 6.82. The minimum absolute atomic E-state index is 0.213. The second-order valence-corrected chi connectivity index (χ2v) is 13.4. The third kappa shape index (κ3) is 6.45. The van der Waals surface area contributed by atoms with Gasteiger partial charge in [-0.25, -0.2) is 9.79 Å². The molecule has 5 rings (SSSR count). The molecule has 4 aromatic rings. The number of fused-ring (bicyclic) bond motifs is 1. The van der Waals surface area contributed by atoms with Crippen molar-refractivity contribution >= 4 is 77.8 Å². The third-order valence-corrected chi connectivity index (χ3v) is 9.43. The quantitative estimate of drug-likeness (QED) is 0.152. The first-order valence-electron chi connectivity index (χ1n) is 12.8. The second kappa shape index (κ2) is 12.8. The topological polar surface area (TPSA) is 69.9 Å². The van der Waals surface area contributed by atoms with Crippen molar-refractivity contribution in [1.29, 1.82) is 0 Å². The van der Waals surface area contributed by atoms with Gasteiger partial charge in [0.05, 0.1) is 36.5 Å². The Bertz CT molecular complexity index is 1820. The summed E-state index contributed by atoms with van der Waals surface area (Å²) in [7, 11) is 0. The van der Waals surface area contributed by atoms with Crippen LogP contribution in [0.4, 0.5) is 0 Å². The lowest BCUT2D eigenvalue weighted by molar-refractivity contribution is -0.139. The average Bonchev–Trinajstić information content (AvgIpc) is 3.23. The summed E-state index contributed by atoms with van der Waals surface area (Å²) in [5.41, 5.74) is 4.52. The molecule has 0 saturated heterocycles. The Hall–Kier alpha value is -2.54. The van der Waals surface area contributed by atoms with E-state index >= 15 is 0 Å². The summed E-state index contributed by atoms with van der Waals surface area (Å²) in [5, 5.41) is 0. The predicted molar refractivity (Wildman–Crippen MR) is 177 cm³/mol. The Kier molecular flexibility index (Phi) is 9.32. The standard InChI is InChI=1S/C31H25Br2IN2O4S/c1-4-39-30(38)26-18(3)35-31-36(27(26)21-9-5-17(2)6-10-21)29(37)25(41-31)15-20-13-23(33)28(24(34)14-20)40-16-19-7-11-22(32)12-8-19/h5-15,27H,4,16H2,1-3H3/b25-15+/t27-/m1/s1. The number of carbonyl (C=O) groups excluding carboxylic acids is 1. The van der Waals surface area contributed by atoms with Crippen LogP contribution in [-0.4, -0.2) is 17.1 Å². The van der Waals surface area contributed by atoms with Gasteiger partial charge in [-0.2, -0.15) is 0 Å². The van der Waals surface area contributed by atoms with Gasteiger partial charge in [0, 0.05) is 4.47 Å². The number of halogens is 3. The SMILES string of the molecule is CCOC(=O)C1=C(C)N=c2s/c(=C/c3cc(Br)c(OCc4ccc(Br)cc4)c(I)c3)c(=O)n2[C@@H]1c1ccc(C)cc1. The molecule has 0 aliphatic carbocycles. The van der Waals surface area contributed by atoms with Crippen LogP contribution in [0.1, 0.15) is 42.1 Å². The molecule has 2 heterocycles. The molecule has 0 spiro atoms. The zero-order valence-corrected chi connectivity index (χ0v) is 28.6. The van der Waals surface area contributed by atoms with Gasteiger partial charge in [0.2, 0.25) is 0 Å². The third-order valence-electron chi connectivity index (χ3n) is 6.52. The van der Waals surface area contributed by atoms with E-state index in [1.807, 2.05) is 73.7 Å². The highest BCUT2D eigenvalue weighted by Crippen LogP contribution is 2.33. The molecule has 1 atom stereocenters. The largest absolute Gasteiger partial charge is 0.487 e. The number of nitrogens with zero attached hydrogens (tertiary/aromatic N) is 2. The molecule has 6 nitrogen and oxygen atoms in total. The van der Waals surface area contributed by atoms with Crippen LogP contribution in [0.2, 0.25) is 0 Å². The molecule has 0 unspecified atom stereocenters. The highest BCUT2D eigenvalue weighted by molar-refractivity contribution is 14.1. The molecule has 3 aromatic carbocycles. The van der Waals surface area contributed by atoms with Crippen LogP contribution in [-0.2, 0) is 16.1 Å². The summed E-state index contributed by atoms with van der Waals surface area (Å²) in [6.07, 6.45) is 1.85. The zero-order chi connectivity index (χ0) is 29.3. The summed E-state index contributed by atoms with van der Waals surface area (Å²) < 4.78 is 16.3. The summed E-state index contributed by atoms with van der Waals surface area (Å²) in [6.45, 7) is 6.22. The van der Waals surface area contributed by atoms with E-state index in [0.29, 0.717) is 27.2 Å². The van der Waals surface area contributed by atoms with Crippen molar-refractivity contribution in [2.75, 3.05) is 6.61 Å². The molecule has 0 fully saturated rings. The van der Waals surface area contributed by atoms with Crippen LogP contribution in [0.15, 0.2) is 90.7 Å². The summed E-state index contributed by atoms with van der Waals surface area (Å²) in [5.74, 6) is 0.270. The smallest absolute Gasteiger partial charge is 0.338 e. The number of aryl methyl sites for hydroxylation is 1. The van der Waals surface area contributed by atoms with Crippen LogP contribution in [0, 0.1) is 10.5 Å². The molecule has 0 radical (unpaired) electrons. The Morgan fingerprint density at radius 3 is 2.46 bits per heavy atom. The van der Waals surface area contributed by atoms with E-state index in [1.54, 1.807) is 18.4 Å². The maximum atomic E-state index is 13.9.